The number of nitrogens with two attached hydrogens (primary N) is 1. The molecule has 0 saturated heterocycles. The summed E-state index contributed by atoms with van der Waals surface area (Å²) in [6.07, 6.45) is 6.24. The zero-order valence-corrected chi connectivity index (χ0v) is 9.26. The van der Waals surface area contributed by atoms with E-state index in [2.05, 4.69) is 15.4 Å². The smallest absolute Gasteiger partial charge is 0.175 e. The van der Waals surface area contributed by atoms with Crippen LogP contribution in [0.5, 0.6) is 0 Å². The summed E-state index contributed by atoms with van der Waals surface area (Å²) in [4.78, 5) is 1.51. The normalized spacial score (nSPS) is 19.6. The maximum atomic E-state index is 5.82. The average molecular weight is 209 g/mol. The Morgan fingerprint density at radius 1 is 1.47 bits per heavy atom. The van der Waals surface area contributed by atoms with E-state index in [1.165, 1.54) is 30.5 Å². The summed E-state index contributed by atoms with van der Waals surface area (Å²) >= 11 is 0. The molecule has 1 aliphatic rings. The van der Waals surface area contributed by atoms with Gasteiger partial charge in [-0.15, -0.1) is 10.2 Å². The monoisotopic (exact) mass is 209 g/mol. The van der Waals surface area contributed by atoms with Crippen LogP contribution in [0.25, 0.3) is 0 Å². The number of hydrogen-bond donors (Lipinski definition) is 1. The molecule has 84 valence electrons. The van der Waals surface area contributed by atoms with Crippen molar-refractivity contribution in [2.24, 2.45) is 24.6 Å². The topological polar surface area (TPSA) is 69.6 Å². The van der Waals surface area contributed by atoms with Gasteiger partial charge >= 0.3 is 0 Å². The first-order valence-corrected chi connectivity index (χ1v) is 5.72. The largest absolute Gasteiger partial charge is 0.330 e. The first-order chi connectivity index (χ1) is 7.29. The minimum Gasteiger partial charge on any atom is -0.330 e. The maximum Gasteiger partial charge on any atom is 0.175 e. The minimum absolute atomic E-state index is 0.539. The van der Waals surface area contributed by atoms with E-state index >= 15 is 0 Å². The molecule has 2 rings (SSSR count). The second-order valence-corrected chi connectivity index (χ2v) is 4.44. The molecule has 0 aromatic carbocycles. The van der Waals surface area contributed by atoms with Crippen molar-refractivity contribution in [3.05, 3.63) is 5.82 Å². The van der Waals surface area contributed by atoms with Crippen LogP contribution in [0, 0.1) is 11.8 Å². The standard InChI is InChI=1S/C10H19N5/c1-15-13-10(12-14-15)6-9(7-11)8-4-2-3-5-8/h8-9H,2-7,11H2,1H3. The zero-order valence-electron chi connectivity index (χ0n) is 9.26. The van der Waals surface area contributed by atoms with E-state index in [1.807, 2.05) is 0 Å². The first kappa shape index (κ1) is 10.5. The van der Waals surface area contributed by atoms with Crippen LogP contribution in [0.3, 0.4) is 0 Å². The third-order valence-corrected chi connectivity index (χ3v) is 3.36. The molecular weight excluding hydrogens is 190 g/mol. The van der Waals surface area contributed by atoms with Gasteiger partial charge in [0, 0.05) is 6.42 Å². The molecule has 2 N–H and O–H groups in total. The molecule has 1 atom stereocenters. The van der Waals surface area contributed by atoms with Crippen molar-refractivity contribution >= 4 is 0 Å². The molecule has 5 nitrogen and oxygen atoms in total. The predicted molar refractivity (Wildman–Crippen MR) is 57.0 cm³/mol. The molecule has 5 heteroatoms. The third-order valence-electron chi connectivity index (χ3n) is 3.36. The lowest BCUT2D eigenvalue weighted by Gasteiger charge is -2.19. The second kappa shape index (κ2) is 4.70. The summed E-state index contributed by atoms with van der Waals surface area (Å²) in [5.74, 6) is 2.15. The summed E-state index contributed by atoms with van der Waals surface area (Å²) < 4.78 is 0. The van der Waals surface area contributed by atoms with Gasteiger partial charge in [-0.3, -0.25) is 0 Å². The zero-order chi connectivity index (χ0) is 10.7. The molecule has 1 aromatic rings. The van der Waals surface area contributed by atoms with Gasteiger partial charge in [0.15, 0.2) is 5.82 Å². The molecule has 0 amide bonds. The number of hydrogen-bond acceptors (Lipinski definition) is 4. The molecule has 1 heterocycles. The van der Waals surface area contributed by atoms with Crippen molar-refractivity contribution in [1.82, 2.24) is 20.2 Å². The van der Waals surface area contributed by atoms with Crippen molar-refractivity contribution in [3.63, 3.8) is 0 Å². The molecule has 1 saturated carbocycles. The maximum absolute atomic E-state index is 5.82. The molecule has 1 aromatic heterocycles. The van der Waals surface area contributed by atoms with Gasteiger partial charge in [0.1, 0.15) is 0 Å². The van der Waals surface area contributed by atoms with Gasteiger partial charge in [0.05, 0.1) is 7.05 Å². The van der Waals surface area contributed by atoms with Crippen LogP contribution in [0.2, 0.25) is 0 Å². The molecule has 15 heavy (non-hydrogen) atoms. The fourth-order valence-corrected chi connectivity index (χ4v) is 2.51. The number of rotatable bonds is 4. The highest BCUT2D eigenvalue weighted by Gasteiger charge is 2.25. The number of aromatic nitrogens is 4. The Kier molecular flexibility index (Phi) is 3.30. The predicted octanol–water partition coefficient (Wildman–Crippen LogP) is 0.518. The lowest BCUT2D eigenvalue weighted by Crippen LogP contribution is -2.24. The Hall–Kier alpha value is -0.970. The lowest BCUT2D eigenvalue weighted by molar-refractivity contribution is 0.339. The molecule has 0 bridgehead atoms. The van der Waals surface area contributed by atoms with Crippen molar-refractivity contribution in [3.8, 4) is 0 Å². The van der Waals surface area contributed by atoms with Gasteiger partial charge in [-0.05, 0) is 23.6 Å². The van der Waals surface area contributed by atoms with Crippen LogP contribution in [-0.4, -0.2) is 26.8 Å². The molecule has 0 aliphatic heterocycles. The molecular formula is C10H19N5. The van der Waals surface area contributed by atoms with Crippen LogP contribution in [0.1, 0.15) is 31.5 Å². The van der Waals surface area contributed by atoms with Crippen LogP contribution in [0.4, 0.5) is 0 Å². The summed E-state index contributed by atoms with van der Waals surface area (Å²) in [6, 6.07) is 0. The van der Waals surface area contributed by atoms with Crippen molar-refractivity contribution < 1.29 is 0 Å². The van der Waals surface area contributed by atoms with E-state index in [1.54, 1.807) is 7.05 Å². The van der Waals surface area contributed by atoms with E-state index in [0.717, 1.165) is 24.7 Å². The summed E-state index contributed by atoms with van der Waals surface area (Å²) in [5.41, 5.74) is 5.82. The number of nitrogens with zero attached hydrogens (tertiary/aromatic N) is 4. The van der Waals surface area contributed by atoms with E-state index in [9.17, 15) is 0 Å². The van der Waals surface area contributed by atoms with Gasteiger partial charge < -0.3 is 5.73 Å². The summed E-state index contributed by atoms with van der Waals surface area (Å²) in [7, 11) is 1.80. The highest BCUT2D eigenvalue weighted by Crippen LogP contribution is 2.32. The molecule has 1 fully saturated rings. The molecule has 1 aliphatic carbocycles. The molecule has 1 unspecified atom stereocenters. The fraction of sp³-hybridized carbons (Fsp3) is 0.900. The van der Waals surface area contributed by atoms with Crippen LogP contribution >= 0.6 is 0 Å². The van der Waals surface area contributed by atoms with Crippen LogP contribution in [0.15, 0.2) is 0 Å². The molecule has 0 spiro atoms. The van der Waals surface area contributed by atoms with Crippen LogP contribution in [-0.2, 0) is 13.5 Å². The molecule has 0 radical (unpaired) electrons. The fourth-order valence-electron chi connectivity index (χ4n) is 2.51. The third kappa shape index (κ3) is 2.53. The Morgan fingerprint density at radius 3 is 2.73 bits per heavy atom. The van der Waals surface area contributed by atoms with E-state index in [0.29, 0.717) is 5.92 Å². The van der Waals surface area contributed by atoms with Gasteiger partial charge in [0.2, 0.25) is 0 Å². The van der Waals surface area contributed by atoms with Gasteiger partial charge in [-0.1, -0.05) is 25.7 Å². The Bertz CT molecular complexity index is 303. The van der Waals surface area contributed by atoms with E-state index in [4.69, 9.17) is 5.73 Å². The van der Waals surface area contributed by atoms with E-state index in [-0.39, 0.29) is 0 Å². The Balaban J connectivity index is 1.95. The summed E-state index contributed by atoms with van der Waals surface area (Å²) in [6.45, 7) is 0.739. The lowest BCUT2D eigenvalue weighted by atomic mass is 9.88. The van der Waals surface area contributed by atoms with E-state index < -0.39 is 0 Å². The van der Waals surface area contributed by atoms with Crippen LogP contribution < -0.4 is 5.73 Å². The Labute approximate surface area is 90.0 Å². The highest BCUT2D eigenvalue weighted by atomic mass is 15.6. The van der Waals surface area contributed by atoms with Crippen molar-refractivity contribution in [1.29, 1.82) is 0 Å². The first-order valence-electron chi connectivity index (χ1n) is 5.72. The SMILES string of the molecule is Cn1nnc(CC(CN)C2CCCC2)n1. The summed E-state index contributed by atoms with van der Waals surface area (Å²) in [5, 5.41) is 12.1. The minimum atomic E-state index is 0.539. The van der Waals surface area contributed by atoms with Gasteiger partial charge in [-0.25, -0.2) is 0 Å². The quantitative estimate of drug-likeness (QED) is 0.784. The van der Waals surface area contributed by atoms with Gasteiger partial charge in [-0.2, -0.15) is 4.80 Å². The second-order valence-electron chi connectivity index (χ2n) is 4.44. The highest BCUT2D eigenvalue weighted by molar-refractivity contribution is 4.86. The van der Waals surface area contributed by atoms with Crippen molar-refractivity contribution in [2.45, 2.75) is 32.1 Å². The van der Waals surface area contributed by atoms with Crippen molar-refractivity contribution in [2.75, 3.05) is 6.54 Å². The number of aryl methyl sites for hydroxylation is 1. The number of tetrazole rings is 1. The van der Waals surface area contributed by atoms with Gasteiger partial charge in [0.25, 0.3) is 0 Å². The Morgan fingerprint density at radius 2 is 2.20 bits per heavy atom. The average Bonchev–Trinajstić information content (AvgIpc) is 2.85.